The molecule has 2 aliphatic rings. The van der Waals surface area contributed by atoms with Gasteiger partial charge in [0.15, 0.2) is 5.96 Å². The van der Waals surface area contributed by atoms with Crippen molar-refractivity contribution >= 4 is 23.5 Å². The Kier molecular flexibility index (Phi) is 7.15. The number of carbonyl (C=O) groups excluding carboxylic acids is 1. The maximum Gasteiger partial charge on any atom is 0.242 e. The van der Waals surface area contributed by atoms with Gasteiger partial charge >= 0.3 is 0 Å². The Hall–Kier alpha value is -1.83. The van der Waals surface area contributed by atoms with E-state index in [0.717, 1.165) is 5.56 Å². The highest BCUT2D eigenvalue weighted by Crippen LogP contribution is 2.21. The van der Waals surface area contributed by atoms with Crippen LogP contribution < -0.4 is 5.32 Å². The predicted octanol–water partition coefficient (Wildman–Crippen LogP) is 1.49. The van der Waals surface area contributed by atoms with Gasteiger partial charge in [0.1, 0.15) is 0 Å². The van der Waals surface area contributed by atoms with E-state index in [1.165, 1.54) is 0 Å². The van der Waals surface area contributed by atoms with E-state index in [2.05, 4.69) is 10.3 Å². The molecule has 154 valence electrons. The molecule has 0 radical (unpaired) electrons. The van der Waals surface area contributed by atoms with Crippen LogP contribution in [0.1, 0.15) is 25.3 Å². The number of carbonyl (C=O) groups is 1. The van der Waals surface area contributed by atoms with Crippen LogP contribution in [0.4, 0.5) is 0 Å². The molecule has 0 aromatic heterocycles. The Balaban J connectivity index is 1.60. The first kappa shape index (κ1) is 20.9. The monoisotopic (exact) mass is 408 g/mol. The Morgan fingerprint density at radius 1 is 1.29 bits per heavy atom. The summed E-state index contributed by atoms with van der Waals surface area (Å²) >= 11 is 5.93. The average molecular weight is 409 g/mol. The minimum absolute atomic E-state index is 0.0663. The third-order valence-corrected chi connectivity index (χ3v) is 5.44. The molecule has 0 aliphatic carbocycles. The molecule has 1 aromatic rings. The molecule has 0 bridgehead atoms. The van der Waals surface area contributed by atoms with Crippen LogP contribution in [0.15, 0.2) is 29.3 Å². The predicted molar refractivity (Wildman–Crippen MR) is 109 cm³/mol. The topological polar surface area (TPSA) is 77.4 Å². The second kappa shape index (κ2) is 9.58. The lowest BCUT2D eigenvalue weighted by molar-refractivity contribution is -0.135. The molecule has 7 nitrogen and oxygen atoms in total. The molecule has 1 amide bonds. The van der Waals surface area contributed by atoms with E-state index < -0.39 is 5.60 Å². The fraction of sp³-hybridized carbons (Fsp3) is 0.600. The first-order chi connectivity index (χ1) is 13.5. The van der Waals surface area contributed by atoms with Crippen molar-refractivity contribution in [3.63, 3.8) is 0 Å². The Labute approximate surface area is 171 Å². The summed E-state index contributed by atoms with van der Waals surface area (Å²) in [7, 11) is 0. The second-order valence-electron chi connectivity index (χ2n) is 7.37. The highest BCUT2D eigenvalue weighted by molar-refractivity contribution is 6.30. The Bertz CT molecular complexity index is 689. The number of hydrogen-bond donors (Lipinski definition) is 2. The molecule has 3 rings (SSSR count). The van der Waals surface area contributed by atoms with Crippen molar-refractivity contribution in [1.82, 2.24) is 15.1 Å². The van der Waals surface area contributed by atoms with Gasteiger partial charge in [0, 0.05) is 57.3 Å². The second-order valence-corrected chi connectivity index (χ2v) is 7.81. The summed E-state index contributed by atoms with van der Waals surface area (Å²) < 4.78 is 5.32. The van der Waals surface area contributed by atoms with E-state index in [4.69, 9.17) is 16.3 Å². The van der Waals surface area contributed by atoms with Crippen LogP contribution in [0.5, 0.6) is 0 Å². The first-order valence-electron chi connectivity index (χ1n) is 9.85. The molecule has 28 heavy (non-hydrogen) atoms. The van der Waals surface area contributed by atoms with Gasteiger partial charge in [-0.3, -0.25) is 9.79 Å². The zero-order chi connectivity index (χ0) is 20.0. The number of halogens is 1. The summed E-state index contributed by atoms with van der Waals surface area (Å²) in [5, 5.41) is 14.6. The number of ether oxygens (including phenoxy) is 1. The number of guanidine groups is 1. The molecule has 2 heterocycles. The van der Waals surface area contributed by atoms with Crippen LogP contribution in [0.2, 0.25) is 5.02 Å². The number of nitrogens with one attached hydrogen (secondary N) is 1. The molecule has 8 heteroatoms. The van der Waals surface area contributed by atoms with Crippen molar-refractivity contribution < 1.29 is 14.6 Å². The van der Waals surface area contributed by atoms with Gasteiger partial charge in [-0.05, 0) is 24.6 Å². The molecule has 0 spiro atoms. The lowest BCUT2D eigenvalue weighted by Gasteiger charge is -2.37. The van der Waals surface area contributed by atoms with Gasteiger partial charge in [-0.15, -0.1) is 0 Å². The van der Waals surface area contributed by atoms with Gasteiger partial charge < -0.3 is 25.0 Å². The van der Waals surface area contributed by atoms with Crippen molar-refractivity contribution in [1.29, 1.82) is 0 Å². The lowest BCUT2D eigenvalue weighted by atomic mass is 9.95. The molecule has 0 atom stereocenters. The zero-order valence-electron chi connectivity index (χ0n) is 16.4. The van der Waals surface area contributed by atoms with Gasteiger partial charge in [-0.1, -0.05) is 23.7 Å². The number of piperazine rings is 1. The van der Waals surface area contributed by atoms with E-state index in [1.807, 2.05) is 41.0 Å². The van der Waals surface area contributed by atoms with E-state index in [9.17, 15) is 9.90 Å². The van der Waals surface area contributed by atoms with Crippen LogP contribution in [-0.4, -0.2) is 78.3 Å². The van der Waals surface area contributed by atoms with Crippen LogP contribution in [0.25, 0.3) is 0 Å². The molecule has 2 N–H and O–H groups in total. The average Bonchev–Trinajstić information content (AvgIpc) is 2.69. The third kappa shape index (κ3) is 5.59. The highest BCUT2D eigenvalue weighted by Gasteiger charge is 2.31. The standard InChI is InChI=1S/C20H29ClN4O3/c1-2-22-19(23-15-20(27)7-11-28-12-8-20)25-10-9-24(18(26)14-25)13-16-3-5-17(21)6-4-16/h3-6,27H,2,7-15H2,1H3,(H,22,23). The fourth-order valence-corrected chi connectivity index (χ4v) is 3.55. The molecule has 0 saturated carbocycles. The highest BCUT2D eigenvalue weighted by atomic mass is 35.5. The van der Waals surface area contributed by atoms with Crippen molar-refractivity contribution in [3.8, 4) is 0 Å². The molecular formula is C20H29ClN4O3. The van der Waals surface area contributed by atoms with E-state index in [1.54, 1.807) is 0 Å². The van der Waals surface area contributed by atoms with Gasteiger partial charge in [0.05, 0.1) is 18.7 Å². The van der Waals surface area contributed by atoms with Crippen molar-refractivity contribution in [2.75, 3.05) is 45.9 Å². The SMILES string of the molecule is CCNC(=NCC1(O)CCOCC1)N1CCN(Cc2ccc(Cl)cc2)C(=O)C1. The summed E-state index contributed by atoms with van der Waals surface area (Å²) in [6.45, 7) is 6.33. The van der Waals surface area contributed by atoms with Gasteiger partial charge in [-0.2, -0.15) is 0 Å². The summed E-state index contributed by atoms with van der Waals surface area (Å²) in [5.41, 5.74) is 0.243. The molecule has 2 saturated heterocycles. The molecule has 1 aromatic carbocycles. The van der Waals surface area contributed by atoms with Crippen LogP contribution in [-0.2, 0) is 16.1 Å². The molecule has 0 unspecified atom stereocenters. The summed E-state index contributed by atoms with van der Waals surface area (Å²) in [5.74, 6) is 0.749. The van der Waals surface area contributed by atoms with Crippen LogP contribution >= 0.6 is 11.6 Å². The summed E-state index contributed by atoms with van der Waals surface area (Å²) in [4.78, 5) is 21.1. The Morgan fingerprint density at radius 2 is 2.00 bits per heavy atom. The number of rotatable bonds is 5. The number of aliphatic imine (C=N–C) groups is 1. The zero-order valence-corrected chi connectivity index (χ0v) is 17.1. The maximum atomic E-state index is 12.7. The van der Waals surface area contributed by atoms with Gasteiger partial charge in [-0.25, -0.2) is 0 Å². The van der Waals surface area contributed by atoms with Crippen molar-refractivity contribution in [2.45, 2.75) is 31.9 Å². The number of hydrogen-bond acceptors (Lipinski definition) is 4. The summed E-state index contributed by atoms with van der Waals surface area (Å²) in [6.07, 6.45) is 1.17. The largest absolute Gasteiger partial charge is 0.388 e. The maximum absolute atomic E-state index is 12.7. The van der Waals surface area contributed by atoms with Crippen LogP contribution in [0, 0.1) is 0 Å². The van der Waals surface area contributed by atoms with Crippen molar-refractivity contribution in [3.05, 3.63) is 34.9 Å². The van der Waals surface area contributed by atoms with E-state index in [0.29, 0.717) is 69.8 Å². The van der Waals surface area contributed by atoms with E-state index in [-0.39, 0.29) is 12.5 Å². The third-order valence-electron chi connectivity index (χ3n) is 5.19. The number of amides is 1. The van der Waals surface area contributed by atoms with Crippen molar-refractivity contribution in [2.24, 2.45) is 4.99 Å². The molecule has 2 fully saturated rings. The minimum Gasteiger partial charge on any atom is -0.388 e. The molecule has 2 aliphatic heterocycles. The molecular weight excluding hydrogens is 380 g/mol. The van der Waals surface area contributed by atoms with Crippen LogP contribution in [0.3, 0.4) is 0 Å². The minimum atomic E-state index is -0.820. The Morgan fingerprint density at radius 3 is 2.64 bits per heavy atom. The number of benzene rings is 1. The smallest absolute Gasteiger partial charge is 0.242 e. The first-order valence-corrected chi connectivity index (χ1v) is 10.2. The number of nitrogens with zero attached hydrogens (tertiary/aromatic N) is 3. The van der Waals surface area contributed by atoms with E-state index >= 15 is 0 Å². The quantitative estimate of drug-likeness (QED) is 0.570. The normalized spacial score (nSPS) is 20.4. The number of aliphatic hydroxyl groups is 1. The van der Waals surface area contributed by atoms with Gasteiger partial charge in [0.25, 0.3) is 0 Å². The van der Waals surface area contributed by atoms with Gasteiger partial charge in [0.2, 0.25) is 5.91 Å². The summed E-state index contributed by atoms with van der Waals surface area (Å²) in [6, 6.07) is 7.58. The fourth-order valence-electron chi connectivity index (χ4n) is 3.42. The lowest BCUT2D eigenvalue weighted by Crippen LogP contribution is -2.55.